The highest BCUT2D eigenvalue weighted by Gasteiger charge is 2.23. The summed E-state index contributed by atoms with van der Waals surface area (Å²) in [6.45, 7) is 5.61. The van der Waals surface area contributed by atoms with E-state index in [-0.39, 0.29) is 16.4 Å². The third kappa shape index (κ3) is 4.23. The summed E-state index contributed by atoms with van der Waals surface area (Å²) in [7, 11) is -4.01. The molecule has 0 amide bonds. The van der Waals surface area contributed by atoms with Crippen LogP contribution in [0.15, 0.2) is 58.1 Å². The van der Waals surface area contributed by atoms with Crippen LogP contribution in [-0.2, 0) is 19.8 Å². The lowest BCUT2D eigenvalue weighted by Gasteiger charge is -2.13. The fraction of sp³-hybridized carbons (Fsp3) is 0.200. The minimum Gasteiger partial charge on any atom is -0.490 e. The SMILES string of the molecule is CCOc1cc(/C=C2/C(=O)ON=C2C)ccc1OS(=O)(=O)c1ccc(C)cc1. The molecule has 1 aliphatic heterocycles. The van der Waals surface area contributed by atoms with Crippen LogP contribution in [0.3, 0.4) is 0 Å². The Bertz CT molecular complexity index is 1070. The van der Waals surface area contributed by atoms with Gasteiger partial charge in [-0.3, -0.25) is 0 Å². The lowest BCUT2D eigenvalue weighted by atomic mass is 10.1. The Labute approximate surface area is 163 Å². The zero-order valence-corrected chi connectivity index (χ0v) is 16.4. The molecule has 3 rings (SSSR count). The van der Waals surface area contributed by atoms with E-state index in [0.29, 0.717) is 23.5 Å². The smallest absolute Gasteiger partial charge is 0.367 e. The minimum atomic E-state index is -4.01. The van der Waals surface area contributed by atoms with Gasteiger partial charge in [-0.1, -0.05) is 28.9 Å². The van der Waals surface area contributed by atoms with Gasteiger partial charge < -0.3 is 13.8 Å². The maximum Gasteiger partial charge on any atom is 0.367 e. The zero-order valence-electron chi connectivity index (χ0n) is 15.6. The first-order chi connectivity index (χ1) is 13.3. The molecule has 0 radical (unpaired) electrons. The van der Waals surface area contributed by atoms with Crippen molar-refractivity contribution in [1.29, 1.82) is 0 Å². The van der Waals surface area contributed by atoms with E-state index in [9.17, 15) is 13.2 Å². The second-order valence-electron chi connectivity index (χ2n) is 6.10. The van der Waals surface area contributed by atoms with Crippen molar-refractivity contribution in [3.63, 3.8) is 0 Å². The van der Waals surface area contributed by atoms with Crippen molar-refractivity contribution >= 4 is 27.9 Å². The Hall–Kier alpha value is -3.13. The summed E-state index contributed by atoms with van der Waals surface area (Å²) < 4.78 is 35.9. The molecule has 0 aromatic heterocycles. The van der Waals surface area contributed by atoms with Gasteiger partial charge in [0.15, 0.2) is 11.5 Å². The van der Waals surface area contributed by atoms with E-state index < -0.39 is 16.1 Å². The van der Waals surface area contributed by atoms with Crippen LogP contribution in [0.5, 0.6) is 11.5 Å². The van der Waals surface area contributed by atoms with E-state index in [1.165, 1.54) is 18.2 Å². The molecule has 0 fully saturated rings. The molecule has 0 N–H and O–H groups in total. The van der Waals surface area contributed by atoms with Gasteiger partial charge in [0.1, 0.15) is 4.90 Å². The summed E-state index contributed by atoms with van der Waals surface area (Å²) in [4.78, 5) is 16.4. The quantitative estimate of drug-likeness (QED) is 0.418. The fourth-order valence-electron chi connectivity index (χ4n) is 2.51. The van der Waals surface area contributed by atoms with Gasteiger partial charge in [0.25, 0.3) is 0 Å². The fourth-order valence-corrected chi connectivity index (χ4v) is 3.45. The predicted molar refractivity (Wildman–Crippen MR) is 104 cm³/mol. The molecule has 0 unspecified atom stereocenters. The number of hydrogen-bond acceptors (Lipinski definition) is 7. The molecule has 0 spiro atoms. The number of rotatable bonds is 6. The van der Waals surface area contributed by atoms with E-state index in [4.69, 9.17) is 8.92 Å². The van der Waals surface area contributed by atoms with E-state index in [1.807, 2.05) is 6.92 Å². The van der Waals surface area contributed by atoms with Crippen molar-refractivity contribution < 1.29 is 27.0 Å². The van der Waals surface area contributed by atoms with E-state index in [0.717, 1.165) is 5.56 Å². The molecule has 28 heavy (non-hydrogen) atoms. The number of carbonyl (C=O) groups excluding carboxylic acids is 1. The highest BCUT2D eigenvalue weighted by atomic mass is 32.2. The van der Waals surface area contributed by atoms with Crippen LogP contribution < -0.4 is 8.92 Å². The largest absolute Gasteiger partial charge is 0.490 e. The van der Waals surface area contributed by atoms with Crippen molar-refractivity contribution in [1.82, 2.24) is 0 Å². The lowest BCUT2D eigenvalue weighted by molar-refractivity contribution is -0.136. The van der Waals surface area contributed by atoms with Crippen molar-refractivity contribution in [2.75, 3.05) is 6.61 Å². The number of nitrogens with zero attached hydrogens (tertiary/aromatic N) is 1. The van der Waals surface area contributed by atoms with Crippen LogP contribution in [-0.4, -0.2) is 26.7 Å². The average molecular weight is 401 g/mol. The monoisotopic (exact) mass is 401 g/mol. The Morgan fingerprint density at radius 3 is 2.39 bits per heavy atom. The molecule has 1 heterocycles. The maximum atomic E-state index is 12.6. The average Bonchev–Trinajstić information content (AvgIpc) is 2.96. The van der Waals surface area contributed by atoms with Crippen molar-refractivity contribution in [2.24, 2.45) is 5.16 Å². The summed E-state index contributed by atoms with van der Waals surface area (Å²) in [6.07, 6.45) is 1.59. The number of hydrogen-bond donors (Lipinski definition) is 0. The number of benzene rings is 2. The summed E-state index contributed by atoms with van der Waals surface area (Å²) in [6, 6.07) is 11.0. The number of carbonyl (C=O) groups is 1. The maximum absolute atomic E-state index is 12.6. The van der Waals surface area contributed by atoms with Crippen molar-refractivity contribution in [2.45, 2.75) is 25.7 Å². The first-order valence-electron chi connectivity index (χ1n) is 8.56. The number of aryl methyl sites for hydroxylation is 1. The second kappa shape index (κ2) is 7.85. The summed E-state index contributed by atoms with van der Waals surface area (Å²) >= 11 is 0. The standard InChI is InChI=1S/C20H19NO6S/c1-4-25-19-12-15(11-17-14(3)21-26-20(17)22)7-10-18(19)27-28(23,24)16-8-5-13(2)6-9-16/h5-12H,4H2,1-3H3/b17-11+. The Morgan fingerprint density at radius 1 is 1.07 bits per heavy atom. The number of ether oxygens (including phenoxy) is 1. The molecule has 1 aliphatic rings. The van der Waals surface area contributed by atoms with Gasteiger partial charge in [0.05, 0.1) is 17.9 Å². The lowest BCUT2D eigenvalue weighted by Crippen LogP contribution is -2.11. The van der Waals surface area contributed by atoms with Gasteiger partial charge >= 0.3 is 16.1 Å². The highest BCUT2D eigenvalue weighted by Crippen LogP contribution is 2.32. The first kappa shape index (κ1) is 19.6. The van der Waals surface area contributed by atoms with Gasteiger partial charge in [0.2, 0.25) is 0 Å². The van der Waals surface area contributed by atoms with Gasteiger partial charge in [-0.2, -0.15) is 8.42 Å². The van der Waals surface area contributed by atoms with Gasteiger partial charge in [0, 0.05) is 0 Å². The minimum absolute atomic E-state index is 0.0484. The highest BCUT2D eigenvalue weighted by molar-refractivity contribution is 7.87. The molecule has 0 saturated carbocycles. The normalized spacial score (nSPS) is 15.3. The van der Waals surface area contributed by atoms with Crippen LogP contribution in [0.1, 0.15) is 25.0 Å². The second-order valence-corrected chi connectivity index (χ2v) is 7.65. The van der Waals surface area contributed by atoms with Gasteiger partial charge in [-0.05, 0) is 56.7 Å². The first-order valence-corrected chi connectivity index (χ1v) is 9.97. The Kier molecular flexibility index (Phi) is 5.51. The predicted octanol–water partition coefficient (Wildman–Crippen LogP) is 3.48. The summed E-state index contributed by atoms with van der Waals surface area (Å²) in [5.74, 6) is -0.241. The van der Waals surface area contributed by atoms with Crippen LogP contribution in [0.25, 0.3) is 6.08 Å². The molecule has 146 valence electrons. The van der Waals surface area contributed by atoms with Crippen LogP contribution in [0.4, 0.5) is 0 Å². The Morgan fingerprint density at radius 2 is 1.79 bits per heavy atom. The molecule has 0 aliphatic carbocycles. The summed E-state index contributed by atoms with van der Waals surface area (Å²) in [5, 5.41) is 3.62. The molecule has 0 saturated heterocycles. The molecule has 7 nitrogen and oxygen atoms in total. The van der Waals surface area contributed by atoms with Crippen LogP contribution >= 0.6 is 0 Å². The van der Waals surface area contributed by atoms with Crippen molar-refractivity contribution in [3.8, 4) is 11.5 Å². The van der Waals surface area contributed by atoms with Crippen LogP contribution in [0, 0.1) is 6.92 Å². The van der Waals surface area contributed by atoms with E-state index >= 15 is 0 Å². The third-order valence-corrected chi connectivity index (χ3v) is 5.21. The molecule has 0 bridgehead atoms. The third-order valence-electron chi connectivity index (χ3n) is 3.96. The van der Waals surface area contributed by atoms with E-state index in [1.54, 1.807) is 44.2 Å². The molecular weight excluding hydrogens is 382 g/mol. The van der Waals surface area contributed by atoms with Crippen molar-refractivity contribution in [3.05, 3.63) is 59.2 Å². The van der Waals surface area contributed by atoms with Gasteiger partial charge in [-0.15, -0.1) is 0 Å². The summed E-state index contributed by atoms with van der Waals surface area (Å²) in [5.41, 5.74) is 2.34. The Balaban J connectivity index is 1.93. The molecule has 8 heteroatoms. The zero-order chi connectivity index (χ0) is 20.3. The van der Waals surface area contributed by atoms with Gasteiger partial charge in [-0.25, -0.2) is 4.79 Å². The van der Waals surface area contributed by atoms with Crippen LogP contribution in [0.2, 0.25) is 0 Å². The van der Waals surface area contributed by atoms with E-state index in [2.05, 4.69) is 9.99 Å². The topological polar surface area (TPSA) is 91.3 Å². The molecule has 2 aromatic carbocycles. The molecular formula is C20H19NO6S. The molecule has 2 aromatic rings. The number of oxime groups is 1. The molecule has 0 atom stereocenters.